The van der Waals surface area contributed by atoms with Gasteiger partial charge in [-0.15, -0.1) is 0 Å². The van der Waals surface area contributed by atoms with Crippen molar-refractivity contribution in [3.05, 3.63) is 58.0 Å². The van der Waals surface area contributed by atoms with Crippen molar-refractivity contribution in [3.8, 4) is 5.75 Å². The maximum Gasteiger partial charge on any atom is 0.407 e. The number of amides is 1. The molecule has 2 aromatic rings. The molecule has 0 radical (unpaired) electrons. The third kappa shape index (κ3) is 2.87. The number of anilines is 1. The fraction of sp³-hybridized carbons (Fsp3) is 0.0714. The highest BCUT2D eigenvalue weighted by atomic mass is 35.5. The summed E-state index contributed by atoms with van der Waals surface area (Å²) in [4.78, 5) is 15.1. The predicted molar refractivity (Wildman–Crippen MR) is 77.1 cm³/mol. The standard InChI is InChI=1S/C14H10ClN3O2/c1-20-13-8-11(18-16)10(15)7-12(13)17-14(19)9-5-3-2-4-6-9/h2-8H,1H3/p+1. The van der Waals surface area contributed by atoms with Gasteiger partial charge in [0, 0.05) is 5.56 Å². The zero-order chi connectivity index (χ0) is 14.5. The molecule has 0 unspecified atom stereocenters. The minimum absolute atomic E-state index is 0.168. The van der Waals surface area contributed by atoms with Crippen molar-refractivity contribution in [1.82, 2.24) is 0 Å². The number of diazo groups is 1. The number of ether oxygens (including phenoxy) is 1. The Bertz CT molecular complexity index is 681. The van der Waals surface area contributed by atoms with Gasteiger partial charge in [0.15, 0.2) is 10.7 Å². The number of nitrogens with zero attached hydrogens (tertiary/aromatic N) is 2. The van der Waals surface area contributed by atoms with Crippen molar-refractivity contribution in [2.75, 3.05) is 12.4 Å². The molecule has 100 valence electrons. The van der Waals surface area contributed by atoms with Gasteiger partial charge in [-0.05, 0) is 18.2 Å². The summed E-state index contributed by atoms with van der Waals surface area (Å²) in [7, 11) is 1.45. The van der Waals surface area contributed by atoms with Gasteiger partial charge >= 0.3 is 5.69 Å². The smallest absolute Gasteiger partial charge is 0.407 e. The van der Waals surface area contributed by atoms with Gasteiger partial charge in [0.05, 0.1) is 18.9 Å². The first-order chi connectivity index (χ1) is 9.65. The van der Waals surface area contributed by atoms with Gasteiger partial charge < -0.3 is 10.1 Å². The average molecular weight is 289 g/mol. The lowest BCUT2D eigenvalue weighted by Gasteiger charge is -2.09. The van der Waals surface area contributed by atoms with Gasteiger partial charge in [0.2, 0.25) is 5.39 Å². The summed E-state index contributed by atoms with van der Waals surface area (Å²) in [5.74, 6) is 0.0696. The van der Waals surface area contributed by atoms with Gasteiger partial charge in [-0.25, -0.2) is 0 Å². The van der Waals surface area contributed by atoms with Crippen LogP contribution in [0.3, 0.4) is 0 Å². The Hall–Kier alpha value is -2.58. The van der Waals surface area contributed by atoms with E-state index in [1.54, 1.807) is 24.3 Å². The van der Waals surface area contributed by atoms with Gasteiger partial charge in [-0.1, -0.05) is 29.8 Å². The maximum atomic E-state index is 12.1. The van der Waals surface area contributed by atoms with E-state index in [1.807, 2.05) is 6.07 Å². The first-order valence-electron chi connectivity index (χ1n) is 5.74. The summed E-state index contributed by atoms with van der Waals surface area (Å²) in [5, 5.41) is 11.7. The molecule has 0 saturated heterocycles. The van der Waals surface area contributed by atoms with Gasteiger partial charge in [0.1, 0.15) is 5.02 Å². The maximum absolute atomic E-state index is 12.1. The SMILES string of the molecule is COc1cc([N+]#N)c(Cl)cc1NC(=O)c1ccccc1. The number of rotatable bonds is 3. The molecule has 20 heavy (non-hydrogen) atoms. The lowest BCUT2D eigenvalue weighted by atomic mass is 10.2. The minimum Gasteiger partial charge on any atom is -0.494 e. The second-order valence-electron chi connectivity index (χ2n) is 3.92. The fourth-order valence-electron chi connectivity index (χ4n) is 1.67. The van der Waals surface area contributed by atoms with Crippen LogP contribution in [0.4, 0.5) is 11.4 Å². The molecule has 0 aliphatic rings. The Morgan fingerprint density at radius 2 is 2.00 bits per heavy atom. The summed E-state index contributed by atoms with van der Waals surface area (Å²) in [5.41, 5.74) is 1.08. The minimum atomic E-state index is -0.284. The molecule has 0 aromatic heterocycles. The zero-order valence-electron chi connectivity index (χ0n) is 10.6. The van der Waals surface area contributed by atoms with E-state index in [-0.39, 0.29) is 16.6 Å². The lowest BCUT2D eigenvalue weighted by Crippen LogP contribution is -2.12. The molecule has 2 aromatic carbocycles. The van der Waals surface area contributed by atoms with Crippen LogP contribution in [0.1, 0.15) is 10.4 Å². The number of carbonyl (C=O) groups excluding carboxylic acids is 1. The number of nitrogens with one attached hydrogen (secondary N) is 1. The van der Waals surface area contributed by atoms with Crippen LogP contribution in [0.25, 0.3) is 4.98 Å². The number of benzene rings is 2. The molecule has 0 atom stereocenters. The highest BCUT2D eigenvalue weighted by Crippen LogP contribution is 2.36. The quantitative estimate of drug-likeness (QED) is 0.865. The summed E-state index contributed by atoms with van der Waals surface area (Å²) >= 11 is 5.93. The molecule has 0 aliphatic heterocycles. The molecule has 1 N–H and O–H groups in total. The van der Waals surface area contributed by atoms with E-state index >= 15 is 0 Å². The highest BCUT2D eigenvalue weighted by molar-refractivity contribution is 6.33. The molecule has 2 rings (SSSR count). The fourth-order valence-corrected chi connectivity index (χ4v) is 1.87. The van der Waals surface area contributed by atoms with Crippen LogP contribution in [0.5, 0.6) is 5.75 Å². The molecule has 0 aliphatic carbocycles. The van der Waals surface area contributed by atoms with Crippen molar-refractivity contribution in [3.63, 3.8) is 0 Å². The Balaban J connectivity index is 2.32. The molecule has 0 saturated carbocycles. The van der Waals surface area contributed by atoms with Crippen LogP contribution in [-0.2, 0) is 0 Å². The summed E-state index contributed by atoms with van der Waals surface area (Å²) < 4.78 is 5.14. The average Bonchev–Trinajstić information content (AvgIpc) is 2.48. The lowest BCUT2D eigenvalue weighted by molar-refractivity contribution is 0.102. The Labute approximate surface area is 120 Å². The molecular weight excluding hydrogens is 278 g/mol. The van der Waals surface area contributed by atoms with E-state index in [9.17, 15) is 4.79 Å². The molecule has 5 nitrogen and oxygen atoms in total. The molecule has 0 bridgehead atoms. The topological polar surface area (TPSA) is 66.5 Å². The van der Waals surface area contributed by atoms with E-state index in [0.717, 1.165) is 0 Å². The molecule has 6 heteroatoms. The van der Waals surface area contributed by atoms with Crippen LogP contribution in [0.2, 0.25) is 5.02 Å². The molecule has 0 fully saturated rings. The normalized spacial score (nSPS) is 9.65. The van der Waals surface area contributed by atoms with Crippen molar-refractivity contribution in [2.24, 2.45) is 0 Å². The Kier molecular flexibility index (Phi) is 4.18. The number of hydrogen-bond donors (Lipinski definition) is 1. The number of methoxy groups -OCH3 is 1. The zero-order valence-corrected chi connectivity index (χ0v) is 11.4. The van der Waals surface area contributed by atoms with Crippen LogP contribution < -0.4 is 10.1 Å². The first kappa shape index (κ1) is 13.8. The number of halogens is 1. The van der Waals surface area contributed by atoms with Crippen molar-refractivity contribution >= 4 is 28.9 Å². The van der Waals surface area contributed by atoms with Crippen molar-refractivity contribution in [1.29, 1.82) is 5.39 Å². The van der Waals surface area contributed by atoms with Crippen molar-refractivity contribution in [2.45, 2.75) is 0 Å². The van der Waals surface area contributed by atoms with E-state index in [0.29, 0.717) is 17.0 Å². The van der Waals surface area contributed by atoms with Crippen LogP contribution in [0.15, 0.2) is 42.5 Å². The Morgan fingerprint density at radius 3 is 2.60 bits per heavy atom. The molecule has 0 heterocycles. The third-order valence-electron chi connectivity index (χ3n) is 2.66. The Morgan fingerprint density at radius 1 is 1.30 bits per heavy atom. The van der Waals surface area contributed by atoms with E-state index in [2.05, 4.69) is 10.3 Å². The molecule has 1 amide bonds. The first-order valence-corrected chi connectivity index (χ1v) is 6.12. The predicted octanol–water partition coefficient (Wildman–Crippen LogP) is 4.09. The van der Waals surface area contributed by atoms with Crippen molar-refractivity contribution < 1.29 is 9.53 Å². The third-order valence-corrected chi connectivity index (χ3v) is 2.96. The number of hydrogen-bond acceptors (Lipinski definition) is 3. The largest absolute Gasteiger partial charge is 0.494 e. The number of carbonyl (C=O) groups is 1. The second-order valence-corrected chi connectivity index (χ2v) is 4.33. The molecule has 0 spiro atoms. The van der Waals surface area contributed by atoms with Crippen LogP contribution in [-0.4, -0.2) is 13.0 Å². The van der Waals surface area contributed by atoms with E-state index < -0.39 is 0 Å². The molecular formula is C14H11ClN3O2+. The van der Waals surface area contributed by atoms with Gasteiger partial charge in [-0.3, -0.25) is 4.79 Å². The van der Waals surface area contributed by atoms with E-state index in [4.69, 9.17) is 21.7 Å². The van der Waals surface area contributed by atoms with Crippen LogP contribution in [0, 0.1) is 5.39 Å². The highest BCUT2D eigenvalue weighted by Gasteiger charge is 2.19. The second kappa shape index (κ2) is 6.04. The summed E-state index contributed by atoms with van der Waals surface area (Å²) in [6.07, 6.45) is 0. The summed E-state index contributed by atoms with van der Waals surface area (Å²) in [6, 6.07) is 11.7. The van der Waals surface area contributed by atoms with E-state index in [1.165, 1.54) is 19.2 Å². The monoisotopic (exact) mass is 288 g/mol. The summed E-state index contributed by atoms with van der Waals surface area (Å²) in [6.45, 7) is 0. The van der Waals surface area contributed by atoms with Gasteiger partial charge in [-0.2, -0.15) is 0 Å². The van der Waals surface area contributed by atoms with Gasteiger partial charge in [0.25, 0.3) is 5.91 Å². The van der Waals surface area contributed by atoms with Crippen LogP contribution >= 0.6 is 11.6 Å².